The minimum atomic E-state index is -0.478. The molecule has 6 nitrogen and oxygen atoms in total. The smallest absolute Gasteiger partial charge is 0.410 e. The molecule has 0 heterocycles. The summed E-state index contributed by atoms with van der Waals surface area (Å²) in [6.07, 6.45) is 1.47. The van der Waals surface area contributed by atoms with Crippen LogP contribution in [0.5, 0.6) is 0 Å². The van der Waals surface area contributed by atoms with Crippen LogP contribution in [0.25, 0.3) is 0 Å². The largest absolute Gasteiger partial charge is 0.444 e. The number of halogens is 1. The first-order chi connectivity index (χ1) is 9.84. The van der Waals surface area contributed by atoms with Gasteiger partial charge in [-0.15, -0.1) is 30.6 Å². The summed E-state index contributed by atoms with van der Waals surface area (Å²) >= 11 is 0. The van der Waals surface area contributed by atoms with Gasteiger partial charge in [0, 0.05) is 26.2 Å². The second-order valence-electron chi connectivity index (χ2n) is 5.49. The fourth-order valence-corrected chi connectivity index (χ4v) is 1.50. The van der Waals surface area contributed by atoms with E-state index < -0.39 is 5.60 Å². The van der Waals surface area contributed by atoms with Gasteiger partial charge in [0.1, 0.15) is 5.60 Å². The van der Waals surface area contributed by atoms with E-state index in [0.717, 1.165) is 12.5 Å². The lowest BCUT2D eigenvalue weighted by molar-refractivity contribution is 0.0266. The SMILES string of the molecule is C=CCNC(=NCCN(CC)C(=O)OC(C)(C)C)NCC.I. The van der Waals surface area contributed by atoms with E-state index in [4.69, 9.17) is 4.74 Å². The highest BCUT2D eigenvalue weighted by atomic mass is 127. The number of amides is 1. The second kappa shape index (κ2) is 12.5. The van der Waals surface area contributed by atoms with Gasteiger partial charge in [0.05, 0.1) is 6.54 Å². The van der Waals surface area contributed by atoms with Crippen molar-refractivity contribution in [2.24, 2.45) is 4.99 Å². The van der Waals surface area contributed by atoms with Crippen molar-refractivity contribution >= 4 is 36.0 Å². The summed E-state index contributed by atoms with van der Waals surface area (Å²) in [7, 11) is 0. The minimum absolute atomic E-state index is 0. The first-order valence-electron chi connectivity index (χ1n) is 7.45. The molecular formula is C15H31IN4O2. The number of rotatable bonds is 7. The van der Waals surface area contributed by atoms with E-state index in [9.17, 15) is 4.79 Å². The van der Waals surface area contributed by atoms with Crippen molar-refractivity contribution in [3.8, 4) is 0 Å². The number of ether oxygens (including phenoxy) is 1. The molecule has 1 amide bonds. The molecule has 0 fully saturated rings. The summed E-state index contributed by atoms with van der Waals surface area (Å²) in [6.45, 7) is 16.2. The van der Waals surface area contributed by atoms with Gasteiger partial charge in [0.2, 0.25) is 0 Å². The molecule has 0 aliphatic rings. The lowest BCUT2D eigenvalue weighted by Crippen LogP contribution is -2.40. The summed E-state index contributed by atoms with van der Waals surface area (Å²) in [5, 5.41) is 6.25. The summed E-state index contributed by atoms with van der Waals surface area (Å²) in [4.78, 5) is 18.0. The van der Waals surface area contributed by atoms with Gasteiger partial charge in [-0.05, 0) is 34.6 Å². The maximum atomic E-state index is 12.0. The summed E-state index contributed by atoms with van der Waals surface area (Å²) < 4.78 is 5.35. The molecule has 0 saturated carbocycles. The van der Waals surface area contributed by atoms with Gasteiger partial charge >= 0.3 is 6.09 Å². The zero-order chi connectivity index (χ0) is 16.3. The van der Waals surface area contributed by atoms with E-state index in [0.29, 0.717) is 26.2 Å². The Morgan fingerprint density at radius 1 is 1.32 bits per heavy atom. The molecule has 0 atom stereocenters. The van der Waals surface area contributed by atoms with Crippen LogP contribution in [-0.4, -0.2) is 55.3 Å². The monoisotopic (exact) mass is 426 g/mol. The van der Waals surface area contributed by atoms with Gasteiger partial charge in [0.25, 0.3) is 0 Å². The number of likely N-dealkylation sites (N-methyl/N-ethyl adjacent to an activating group) is 1. The van der Waals surface area contributed by atoms with Crippen LogP contribution in [0.4, 0.5) is 4.79 Å². The Labute approximate surface area is 151 Å². The van der Waals surface area contributed by atoms with Gasteiger partial charge in [0.15, 0.2) is 5.96 Å². The molecule has 0 aromatic heterocycles. The number of hydrogen-bond acceptors (Lipinski definition) is 3. The average molecular weight is 426 g/mol. The van der Waals surface area contributed by atoms with Crippen LogP contribution in [0.2, 0.25) is 0 Å². The molecule has 0 aromatic rings. The summed E-state index contributed by atoms with van der Waals surface area (Å²) in [6, 6.07) is 0. The van der Waals surface area contributed by atoms with Crippen LogP contribution in [-0.2, 0) is 4.74 Å². The Morgan fingerprint density at radius 2 is 1.95 bits per heavy atom. The zero-order valence-electron chi connectivity index (χ0n) is 14.4. The van der Waals surface area contributed by atoms with Crippen molar-refractivity contribution in [2.45, 2.75) is 40.2 Å². The van der Waals surface area contributed by atoms with Crippen molar-refractivity contribution in [2.75, 3.05) is 32.7 Å². The molecule has 0 rings (SSSR count). The Balaban J connectivity index is 0. The summed E-state index contributed by atoms with van der Waals surface area (Å²) in [5.74, 6) is 0.720. The van der Waals surface area contributed by atoms with Crippen LogP contribution < -0.4 is 10.6 Å². The first kappa shape index (κ1) is 23.3. The number of hydrogen-bond donors (Lipinski definition) is 2. The van der Waals surface area contributed by atoms with E-state index >= 15 is 0 Å². The Morgan fingerprint density at radius 3 is 2.41 bits per heavy atom. The van der Waals surface area contributed by atoms with Gasteiger partial charge in [-0.25, -0.2) is 4.79 Å². The predicted molar refractivity (Wildman–Crippen MR) is 103 cm³/mol. The number of carbonyl (C=O) groups is 1. The van der Waals surface area contributed by atoms with Gasteiger partial charge in [-0.2, -0.15) is 0 Å². The number of guanidine groups is 1. The molecule has 0 unspecified atom stereocenters. The normalized spacial score (nSPS) is 11.2. The van der Waals surface area contributed by atoms with E-state index in [1.165, 1.54) is 0 Å². The molecule has 0 radical (unpaired) electrons. The maximum absolute atomic E-state index is 12.0. The Bertz CT molecular complexity index is 354. The van der Waals surface area contributed by atoms with Crippen LogP contribution in [0.15, 0.2) is 17.6 Å². The quantitative estimate of drug-likeness (QED) is 0.284. The molecule has 130 valence electrons. The van der Waals surface area contributed by atoms with Gasteiger partial charge in [-0.3, -0.25) is 4.99 Å². The summed E-state index contributed by atoms with van der Waals surface area (Å²) in [5.41, 5.74) is -0.478. The third-order valence-corrected chi connectivity index (χ3v) is 2.43. The van der Waals surface area contributed by atoms with Crippen LogP contribution >= 0.6 is 24.0 Å². The second-order valence-corrected chi connectivity index (χ2v) is 5.49. The number of nitrogens with zero attached hydrogens (tertiary/aromatic N) is 2. The van der Waals surface area contributed by atoms with E-state index in [2.05, 4.69) is 22.2 Å². The molecule has 7 heteroatoms. The molecule has 0 aromatic carbocycles. The number of nitrogens with one attached hydrogen (secondary N) is 2. The number of carbonyl (C=O) groups excluding carboxylic acids is 1. The van der Waals surface area contributed by atoms with Crippen molar-refractivity contribution in [1.29, 1.82) is 0 Å². The molecule has 0 saturated heterocycles. The van der Waals surface area contributed by atoms with Crippen LogP contribution in [0.3, 0.4) is 0 Å². The fraction of sp³-hybridized carbons (Fsp3) is 0.733. The molecule has 0 spiro atoms. The zero-order valence-corrected chi connectivity index (χ0v) is 16.8. The van der Waals surface area contributed by atoms with Gasteiger partial charge in [-0.1, -0.05) is 6.08 Å². The highest BCUT2D eigenvalue weighted by Gasteiger charge is 2.20. The average Bonchev–Trinajstić information content (AvgIpc) is 2.38. The number of aliphatic imine (C=N–C) groups is 1. The molecule has 0 aliphatic heterocycles. The van der Waals surface area contributed by atoms with Crippen molar-refractivity contribution in [3.63, 3.8) is 0 Å². The minimum Gasteiger partial charge on any atom is -0.444 e. The maximum Gasteiger partial charge on any atom is 0.410 e. The van der Waals surface area contributed by atoms with Crippen molar-refractivity contribution in [3.05, 3.63) is 12.7 Å². The molecule has 22 heavy (non-hydrogen) atoms. The Hall–Kier alpha value is -0.990. The first-order valence-corrected chi connectivity index (χ1v) is 7.45. The fourth-order valence-electron chi connectivity index (χ4n) is 1.50. The third kappa shape index (κ3) is 11.6. The molecule has 0 bridgehead atoms. The molecule has 0 aliphatic carbocycles. The highest BCUT2D eigenvalue weighted by molar-refractivity contribution is 14.0. The van der Waals surface area contributed by atoms with Crippen LogP contribution in [0.1, 0.15) is 34.6 Å². The highest BCUT2D eigenvalue weighted by Crippen LogP contribution is 2.09. The molecule has 2 N–H and O–H groups in total. The van der Waals surface area contributed by atoms with Crippen LogP contribution in [0, 0.1) is 0 Å². The predicted octanol–water partition coefficient (Wildman–Crippen LogP) is 2.60. The van der Waals surface area contributed by atoms with E-state index in [1.807, 2.05) is 34.6 Å². The topological polar surface area (TPSA) is 66.0 Å². The van der Waals surface area contributed by atoms with E-state index in [1.54, 1.807) is 11.0 Å². The van der Waals surface area contributed by atoms with E-state index in [-0.39, 0.29) is 30.1 Å². The standard InChI is InChI=1S/C15H30N4O2.HI/c1-7-10-17-13(16-8-2)18-11-12-19(9-3)14(20)21-15(4,5)6;/h7H,1,8-12H2,2-6H3,(H2,16,17,18);1H. The lowest BCUT2D eigenvalue weighted by atomic mass is 10.2. The Kier molecular flexibility index (Phi) is 13.3. The lowest BCUT2D eigenvalue weighted by Gasteiger charge is -2.26. The third-order valence-electron chi connectivity index (χ3n) is 2.43. The van der Waals surface area contributed by atoms with Crippen molar-refractivity contribution < 1.29 is 9.53 Å². The van der Waals surface area contributed by atoms with Gasteiger partial charge < -0.3 is 20.3 Å². The molecular weight excluding hydrogens is 395 g/mol. The van der Waals surface area contributed by atoms with Crippen molar-refractivity contribution in [1.82, 2.24) is 15.5 Å².